The summed E-state index contributed by atoms with van der Waals surface area (Å²) >= 11 is 1.83. The van der Waals surface area contributed by atoms with Gasteiger partial charge in [-0.3, -0.25) is 0 Å². The van der Waals surface area contributed by atoms with Gasteiger partial charge in [-0.1, -0.05) is 32.0 Å². The number of hydrogen-bond acceptors (Lipinski definition) is 2. The molecular weight excluding hydrogens is 202 g/mol. The van der Waals surface area contributed by atoms with Crippen LogP contribution in [0.2, 0.25) is 0 Å². The van der Waals surface area contributed by atoms with Crippen molar-refractivity contribution in [2.75, 3.05) is 0 Å². The van der Waals surface area contributed by atoms with Gasteiger partial charge in [-0.25, -0.2) is 0 Å². The summed E-state index contributed by atoms with van der Waals surface area (Å²) in [5, 5.41) is 3.68. The second-order valence-corrected chi connectivity index (χ2v) is 5.92. The lowest BCUT2D eigenvalue weighted by Gasteiger charge is -2.00. The maximum absolute atomic E-state index is 6.13. The van der Waals surface area contributed by atoms with Crippen LogP contribution in [0.4, 0.5) is 0 Å². The SMILES string of the molecule is CC1(C)[C@@H](N)[C@@H]1c1csc2ccccc12. The van der Waals surface area contributed by atoms with Crippen LogP contribution >= 0.6 is 11.3 Å². The van der Waals surface area contributed by atoms with E-state index < -0.39 is 0 Å². The van der Waals surface area contributed by atoms with Gasteiger partial charge in [-0.15, -0.1) is 11.3 Å². The first-order valence-corrected chi connectivity index (χ1v) is 6.22. The molecule has 2 heteroatoms. The van der Waals surface area contributed by atoms with E-state index in [4.69, 9.17) is 5.73 Å². The summed E-state index contributed by atoms with van der Waals surface area (Å²) in [6, 6.07) is 8.93. The number of rotatable bonds is 1. The van der Waals surface area contributed by atoms with Crippen molar-refractivity contribution in [3.05, 3.63) is 35.2 Å². The first-order valence-electron chi connectivity index (χ1n) is 5.34. The Morgan fingerprint density at radius 3 is 2.60 bits per heavy atom. The molecule has 2 aromatic rings. The summed E-state index contributed by atoms with van der Waals surface area (Å²) in [5.74, 6) is 0.550. The molecule has 2 N–H and O–H groups in total. The first kappa shape index (κ1) is 9.37. The highest BCUT2D eigenvalue weighted by molar-refractivity contribution is 7.17. The fraction of sp³-hybridized carbons (Fsp3) is 0.385. The maximum Gasteiger partial charge on any atom is 0.0345 e. The zero-order chi connectivity index (χ0) is 10.6. The van der Waals surface area contributed by atoms with Gasteiger partial charge < -0.3 is 5.73 Å². The number of fused-ring (bicyclic) bond motifs is 1. The number of nitrogens with two attached hydrogens (primary N) is 1. The molecule has 0 bridgehead atoms. The van der Waals surface area contributed by atoms with Gasteiger partial charge in [-0.2, -0.15) is 0 Å². The molecular formula is C13H15NS. The van der Waals surface area contributed by atoms with Crippen molar-refractivity contribution < 1.29 is 0 Å². The summed E-state index contributed by atoms with van der Waals surface area (Å²) in [7, 11) is 0. The number of thiophene rings is 1. The Morgan fingerprint density at radius 2 is 1.93 bits per heavy atom. The Hall–Kier alpha value is -0.860. The molecule has 3 rings (SSSR count). The van der Waals surface area contributed by atoms with Crippen LogP contribution in [0.25, 0.3) is 10.1 Å². The van der Waals surface area contributed by atoms with Gasteiger partial charge in [0, 0.05) is 16.7 Å². The highest BCUT2D eigenvalue weighted by atomic mass is 32.1. The van der Waals surface area contributed by atoms with Crippen molar-refractivity contribution in [1.82, 2.24) is 0 Å². The summed E-state index contributed by atoms with van der Waals surface area (Å²) in [4.78, 5) is 0. The topological polar surface area (TPSA) is 26.0 Å². The molecule has 1 aliphatic rings. The van der Waals surface area contributed by atoms with Crippen LogP contribution in [0, 0.1) is 5.41 Å². The summed E-state index contributed by atoms with van der Waals surface area (Å²) in [6.45, 7) is 4.52. The van der Waals surface area contributed by atoms with Crippen LogP contribution in [-0.4, -0.2) is 6.04 Å². The van der Waals surface area contributed by atoms with E-state index in [0.29, 0.717) is 12.0 Å². The minimum Gasteiger partial charge on any atom is -0.327 e. The molecule has 1 aliphatic carbocycles. The summed E-state index contributed by atoms with van der Waals surface area (Å²) in [6.07, 6.45) is 0. The van der Waals surface area contributed by atoms with Crippen LogP contribution < -0.4 is 5.73 Å². The number of benzene rings is 1. The van der Waals surface area contributed by atoms with E-state index in [1.165, 1.54) is 15.6 Å². The average molecular weight is 217 g/mol. The van der Waals surface area contributed by atoms with E-state index >= 15 is 0 Å². The average Bonchev–Trinajstić information content (AvgIpc) is 2.63. The highest BCUT2D eigenvalue weighted by Gasteiger charge is 2.56. The van der Waals surface area contributed by atoms with E-state index in [1.807, 2.05) is 11.3 Å². The summed E-state index contributed by atoms with van der Waals surface area (Å²) in [5.41, 5.74) is 7.86. The second-order valence-electron chi connectivity index (χ2n) is 5.01. The van der Waals surface area contributed by atoms with Crippen molar-refractivity contribution in [3.8, 4) is 0 Å². The van der Waals surface area contributed by atoms with Crippen LogP contribution in [-0.2, 0) is 0 Å². The van der Waals surface area contributed by atoms with Gasteiger partial charge >= 0.3 is 0 Å². The van der Waals surface area contributed by atoms with E-state index in [-0.39, 0.29) is 5.41 Å². The molecule has 1 saturated carbocycles. The standard InChI is InChI=1S/C13H15NS/c1-13(2)11(12(13)14)9-7-15-10-6-4-3-5-8(9)10/h3-7,11-12H,14H2,1-2H3/t11-,12-/m0/s1. The van der Waals surface area contributed by atoms with E-state index in [0.717, 1.165) is 0 Å². The summed E-state index contributed by atoms with van der Waals surface area (Å²) < 4.78 is 1.38. The van der Waals surface area contributed by atoms with E-state index in [9.17, 15) is 0 Å². The van der Waals surface area contributed by atoms with Gasteiger partial charge in [0.15, 0.2) is 0 Å². The first-order chi connectivity index (χ1) is 7.12. The monoisotopic (exact) mass is 217 g/mol. The zero-order valence-electron chi connectivity index (χ0n) is 9.03. The highest BCUT2D eigenvalue weighted by Crippen LogP contribution is 2.59. The molecule has 78 valence electrons. The fourth-order valence-electron chi connectivity index (χ4n) is 2.51. The predicted octanol–water partition coefficient (Wildman–Crippen LogP) is 3.35. The lowest BCUT2D eigenvalue weighted by atomic mass is 10.0. The Balaban J connectivity index is 2.14. The number of hydrogen-bond donors (Lipinski definition) is 1. The van der Waals surface area contributed by atoms with Crippen LogP contribution in [0.5, 0.6) is 0 Å². The molecule has 0 unspecified atom stereocenters. The molecule has 0 amide bonds. The molecule has 0 aliphatic heterocycles. The van der Waals surface area contributed by atoms with Crippen LogP contribution in [0.3, 0.4) is 0 Å². The van der Waals surface area contributed by atoms with Crippen molar-refractivity contribution in [3.63, 3.8) is 0 Å². The third-order valence-electron chi connectivity index (χ3n) is 3.76. The Morgan fingerprint density at radius 1 is 1.27 bits per heavy atom. The van der Waals surface area contributed by atoms with Crippen molar-refractivity contribution in [2.24, 2.45) is 11.1 Å². The van der Waals surface area contributed by atoms with Gasteiger partial charge in [0.2, 0.25) is 0 Å². The normalized spacial score (nSPS) is 28.2. The van der Waals surface area contributed by atoms with E-state index in [2.05, 4.69) is 43.5 Å². The molecule has 0 saturated heterocycles. The Kier molecular flexibility index (Phi) is 1.77. The van der Waals surface area contributed by atoms with Crippen molar-refractivity contribution >= 4 is 21.4 Å². The van der Waals surface area contributed by atoms with Crippen LogP contribution in [0.1, 0.15) is 25.3 Å². The molecule has 1 aromatic carbocycles. The van der Waals surface area contributed by atoms with E-state index in [1.54, 1.807) is 0 Å². The lowest BCUT2D eigenvalue weighted by molar-refractivity contribution is 0.600. The molecule has 2 atom stereocenters. The molecule has 1 fully saturated rings. The lowest BCUT2D eigenvalue weighted by Crippen LogP contribution is -2.06. The van der Waals surface area contributed by atoms with Gasteiger partial charge in [0.1, 0.15) is 0 Å². The minimum atomic E-state index is 0.282. The third-order valence-corrected chi connectivity index (χ3v) is 4.74. The molecule has 1 heterocycles. The fourth-order valence-corrected chi connectivity index (χ4v) is 3.51. The molecule has 15 heavy (non-hydrogen) atoms. The maximum atomic E-state index is 6.13. The molecule has 0 spiro atoms. The van der Waals surface area contributed by atoms with Gasteiger partial charge in [-0.05, 0) is 27.8 Å². The third kappa shape index (κ3) is 1.18. The van der Waals surface area contributed by atoms with Gasteiger partial charge in [0.05, 0.1) is 0 Å². The quantitative estimate of drug-likeness (QED) is 0.779. The van der Waals surface area contributed by atoms with Gasteiger partial charge in [0.25, 0.3) is 0 Å². The largest absolute Gasteiger partial charge is 0.327 e. The minimum absolute atomic E-state index is 0.282. The molecule has 1 aromatic heterocycles. The Bertz CT molecular complexity index is 512. The zero-order valence-corrected chi connectivity index (χ0v) is 9.84. The predicted molar refractivity (Wildman–Crippen MR) is 66.3 cm³/mol. The van der Waals surface area contributed by atoms with Crippen LogP contribution in [0.15, 0.2) is 29.6 Å². The second kappa shape index (κ2) is 2.83. The van der Waals surface area contributed by atoms with Crippen molar-refractivity contribution in [2.45, 2.75) is 25.8 Å². The van der Waals surface area contributed by atoms with Crippen molar-refractivity contribution in [1.29, 1.82) is 0 Å². The smallest absolute Gasteiger partial charge is 0.0345 e. The molecule has 0 radical (unpaired) electrons. The molecule has 1 nitrogen and oxygen atoms in total. The Labute approximate surface area is 93.9 Å².